The van der Waals surface area contributed by atoms with Crippen LogP contribution in [0.4, 0.5) is 0 Å². The summed E-state index contributed by atoms with van der Waals surface area (Å²) >= 11 is 0. The number of rotatable bonds is 6. The summed E-state index contributed by atoms with van der Waals surface area (Å²) in [5, 5.41) is 0. The number of nitrogens with zero attached hydrogens (tertiary/aromatic N) is 2. The molecule has 4 aromatic carbocycles. The third-order valence-corrected chi connectivity index (χ3v) is 6.38. The molecule has 172 valence electrons. The van der Waals surface area contributed by atoms with Gasteiger partial charge in [0.05, 0.1) is 22.1 Å². The highest BCUT2D eigenvalue weighted by Crippen LogP contribution is 2.29. The van der Waals surface area contributed by atoms with Crippen molar-refractivity contribution in [1.82, 2.24) is 19.9 Å². The van der Waals surface area contributed by atoms with Crippen molar-refractivity contribution in [3.05, 3.63) is 96.3 Å². The van der Waals surface area contributed by atoms with Crippen LogP contribution in [0.2, 0.25) is 0 Å². The average Bonchev–Trinajstić information content (AvgIpc) is 3.52. The molecule has 2 heterocycles. The summed E-state index contributed by atoms with van der Waals surface area (Å²) in [4.78, 5) is 16.3. The highest BCUT2D eigenvalue weighted by Gasteiger charge is 2.09. The minimum Gasteiger partial charge on any atom is -0.457 e. The van der Waals surface area contributed by atoms with Crippen LogP contribution in [0.5, 0.6) is 11.5 Å². The molecule has 0 bridgehead atoms. The van der Waals surface area contributed by atoms with E-state index in [2.05, 4.69) is 77.3 Å². The molecule has 35 heavy (non-hydrogen) atoms. The number of aryl methyl sites for hydroxylation is 2. The van der Waals surface area contributed by atoms with Crippen molar-refractivity contribution in [2.45, 2.75) is 26.7 Å². The van der Waals surface area contributed by atoms with Crippen molar-refractivity contribution in [3.8, 4) is 34.0 Å². The lowest BCUT2D eigenvalue weighted by molar-refractivity contribution is 0.482. The predicted octanol–water partition coefficient (Wildman–Crippen LogP) is 7.69. The number of benzene rings is 4. The smallest absolute Gasteiger partial charge is 0.138 e. The van der Waals surface area contributed by atoms with Crippen LogP contribution in [0.25, 0.3) is 44.6 Å². The fourth-order valence-corrected chi connectivity index (χ4v) is 4.35. The number of hydrogen-bond acceptors (Lipinski definition) is 3. The van der Waals surface area contributed by atoms with E-state index in [9.17, 15) is 0 Å². The third-order valence-electron chi connectivity index (χ3n) is 6.38. The minimum absolute atomic E-state index is 0.803. The van der Waals surface area contributed by atoms with Crippen LogP contribution < -0.4 is 4.74 Å². The molecule has 0 fully saturated rings. The Labute approximate surface area is 203 Å². The molecule has 6 rings (SSSR count). The van der Waals surface area contributed by atoms with Gasteiger partial charge in [-0.3, -0.25) is 0 Å². The Balaban J connectivity index is 1.25. The number of aromatic nitrogens is 4. The summed E-state index contributed by atoms with van der Waals surface area (Å²) in [6.45, 7) is 4.25. The van der Waals surface area contributed by atoms with E-state index >= 15 is 0 Å². The van der Waals surface area contributed by atoms with E-state index in [0.29, 0.717) is 0 Å². The van der Waals surface area contributed by atoms with Crippen molar-refractivity contribution in [2.75, 3.05) is 0 Å². The first-order chi connectivity index (χ1) is 17.2. The van der Waals surface area contributed by atoms with Gasteiger partial charge < -0.3 is 14.7 Å². The predicted molar refractivity (Wildman–Crippen MR) is 142 cm³/mol. The molecule has 0 aliphatic heterocycles. The molecule has 5 nitrogen and oxygen atoms in total. The highest BCUT2D eigenvalue weighted by atomic mass is 16.5. The Kier molecular flexibility index (Phi) is 5.30. The average molecular weight is 459 g/mol. The van der Waals surface area contributed by atoms with Gasteiger partial charge in [-0.15, -0.1) is 0 Å². The maximum atomic E-state index is 5.99. The lowest BCUT2D eigenvalue weighted by atomic mass is 10.0. The van der Waals surface area contributed by atoms with E-state index < -0.39 is 0 Å². The molecule has 0 unspecified atom stereocenters. The molecule has 0 atom stereocenters. The van der Waals surface area contributed by atoms with Gasteiger partial charge in [0.25, 0.3) is 0 Å². The van der Waals surface area contributed by atoms with Gasteiger partial charge in [0.1, 0.15) is 23.1 Å². The largest absolute Gasteiger partial charge is 0.457 e. The van der Waals surface area contributed by atoms with Crippen molar-refractivity contribution in [1.29, 1.82) is 0 Å². The second-order valence-corrected chi connectivity index (χ2v) is 8.71. The monoisotopic (exact) mass is 458 g/mol. The molecule has 0 aliphatic rings. The van der Waals surface area contributed by atoms with E-state index in [-0.39, 0.29) is 0 Å². The van der Waals surface area contributed by atoms with Gasteiger partial charge in [-0.1, -0.05) is 38.1 Å². The lowest BCUT2D eigenvalue weighted by Gasteiger charge is -2.07. The Hall–Kier alpha value is -4.38. The first kappa shape index (κ1) is 21.2. The fraction of sp³-hybridized carbons (Fsp3) is 0.133. The minimum atomic E-state index is 0.803. The van der Waals surface area contributed by atoms with E-state index in [0.717, 1.165) is 74.7 Å². The van der Waals surface area contributed by atoms with Crippen LogP contribution in [0.3, 0.4) is 0 Å². The van der Waals surface area contributed by atoms with Crippen LogP contribution in [-0.4, -0.2) is 19.9 Å². The molecule has 5 heteroatoms. The summed E-state index contributed by atoms with van der Waals surface area (Å²) in [5.74, 6) is 3.49. The molecular weight excluding hydrogens is 432 g/mol. The van der Waals surface area contributed by atoms with E-state index in [1.165, 1.54) is 5.56 Å². The second kappa shape index (κ2) is 8.76. The van der Waals surface area contributed by atoms with Gasteiger partial charge >= 0.3 is 0 Å². The molecule has 0 spiro atoms. The summed E-state index contributed by atoms with van der Waals surface area (Å²) in [6.07, 6.45) is 1.92. The number of nitrogens with one attached hydrogen (secondary N) is 2. The topological polar surface area (TPSA) is 66.6 Å². The zero-order chi connectivity index (χ0) is 23.8. The van der Waals surface area contributed by atoms with Gasteiger partial charge in [-0.2, -0.15) is 0 Å². The third kappa shape index (κ3) is 4.17. The number of H-pyrrole nitrogens is 2. The molecule has 0 saturated carbocycles. The Bertz CT molecular complexity index is 1630. The van der Waals surface area contributed by atoms with Crippen molar-refractivity contribution in [3.63, 3.8) is 0 Å². The number of aromatic amines is 2. The van der Waals surface area contributed by atoms with E-state index in [1.807, 2.05) is 36.4 Å². The van der Waals surface area contributed by atoms with Crippen LogP contribution in [0.15, 0.2) is 84.9 Å². The standard InChI is InChI=1S/C30H26N4O/c1-3-19-5-11-23(12-6-19)35-24-13-7-20(8-14-24)30-33-26-16-10-22(18-28(26)34-30)21-9-15-25-27(17-21)32-29(4-2)31-25/h5-18H,3-4H2,1-2H3,(H,31,32)(H,33,34). The normalized spacial score (nSPS) is 11.4. The summed E-state index contributed by atoms with van der Waals surface area (Å²) in [6, 6.07) is 28.9. The van der Waals surface area contributed by atoms with Crippen LogP contribution in [0, 0.1) is 0 Å². The number of fused-ring (bicyclic) bond motifs is 2. The summed E-state index contributed by atoms with van der Waals surface area (Å²) in [7, 11) is 0. The maximum absolute atomic E-state index is 5.99. The molecule has 2 aromatic heterocycles. The lowest BCUT2D eigenvalue weighted by Crippen LogP contribution is -1.86. The first-order valence-electron chi connectivity index (χ1n) is 12.0. The molecule has 0 saturated heterocycles. The quantitative estimate of drug-likeness (QED) is 0.269. The van der Waals surface area contributed by atoms with Crippen molar-refractivity contribution >= 4 is 22.1 Å². The van der Waals surface area contributed by atoms with Crippen LogP contribution in [-0.2, 0) is 12.8 Å². The Morgan fingerprint density at radius 3 is 1.80 bits per heavy atom. The first-order valence-corrected chi connectivity index (χ1v) is 12.0. The molecule has 0 amide bonds. The Morgan fingerprint density at radius 1 is 0.600 bits per heavy atom. The van der Waals surface area contributed by atoms with E-state index in [4.69, 9.17) is 9.72 Å². The molecule has 0 radical (unpaired) electrons. The van der Waals surface area contributed by atoms with Gasteiger partial charge in [0.15, 0.2) is 0 Å². The number of ether oxygens (including phenoxy) is 1. The maximum Gasteiger partial charge on any atom is 0.138 e. The summed E-state index contributed by atoms with van der Waals surface area (Å²) < 4.78 is 5.99. The van der Waals surface area contributed by atoms with Crippen LogP contribution >= 0.6 is 0 Å². The Morgan fingerprint density at radius 2 is 1.17 bits per heavy atom. The zero-order valence-electron chi connectivity index (χ0n) is 19.8. The van der Waals surface area contributed by atoms with Crippen LogP contribution in [0.1, 0.15) is 25.2 Å². The van der Waals surface area contributed by atoms with Gasteiger partial charge in [-0.05, 0) is 83.8 Å². The second-order valence-electron chi connectivity index (χ2n) is 8.71. The fourth-order valence-electron chi connectivity index (χ4n) is 4.35. The molecule has 0 aliphatic carbocycles. The molecular formula is C30H26N4O. The van der Waals surface area contributed by atoms with Gasteiger partial charge in [-0.25, -0.2) is 9.97 Å². The summed E-state index contributed by atoms with van der Waals surface area (Å²) in [5.41, 5.74) is 8.61. The molecule has 2 N–H and O–H groups in total. The van der Waals surface area contributed by atoms with Crippen molar-refractivity contribution in [2.24, 2.45) is 0 Å². The zero-order valence-corrected chi connectivity index (χ0v) is 19.8. The van der Waals surface area contributed by atoms with E-state index in [1.54, 1.807) is 0 Å². The SMILES string of the molecule is CCc1ccc(Oc2ccc(-c3nc4ccc(-c5ccc6nc(CC)[nH]c6c5)cc4[nH]3)cc2)cc1. The van der Waals surface area contributed by atoms with Gasteiger partial charge in [0.2, 0.25) is 0 Å². The number of hydrogen-bond donors (Lipinski definition) is 2. The molecule has 6 aromatic rings. The van der Waals surface area contributed by atoms with Crippen molar-refractivity contribution < 1.29 is 4.74 Å². The number of imidazole rings is 2. The van der Waals surface area contributed by atoms with Gasteiger partial charge in [0, 0.05) is 12.0 Å². The highest BCUT2D eigenvalue weighted by molar-refractivity contribution is 5.87.